The van der Waals surface area contributed by atoms with E-state index in [1.54, 1.807) is 0 Å². The highest BCUT2D eigenvalue weighted by Gasteiger charge is 2.49. The zero-order chi connectivity index (χ0) is 25.2. The van der Waals surface area contributed by atoms with E-state index in [-0.39, 0.29) is 19.3 Å². The summed E-state index contributed by atoms with van der Waals surface area (Å²) < 4.78 is 46.2. The van der Waals surface area contributed by atoms with Gasteiger partial charge in [-0.25, -0.2) is 4.39 Å². The summed E-state index contributed by atoms with van der Waals surface area (Å²) in [7, 11) is 0. The van der Waals surface area contributed by atoms with Crippen molar-refractivity contribution in [2.75, 3.05) is 6.61 Å². The smallest absolute Gasteiger partial charge is 0.192 e. The third kappa shape index (κ3) is 7.69. The number of rotatable bonds is 12. The van der Waals surface area contributed by atoms with Gasteiger partial charge in [0.15, 0.2) is 12.5 Å². The van der Waals surface area contributed by atoms with Crippen LogP contribution in [0.2, 0.25) is 0 Å². The standard InChI is InChI=1S/C30H35FO5/c1-22(2)35-30-27(31)29(34-20-25-16-10-5-11-17-25)28(33-19-24-14-8-4-9-15-24)26(36-30)21-32-18-23-12-6-3-7-13-23/h3-17,22,26-30H,18-21H2,1-2H3/t26-,27-,28-,29-,30?/m1/s1. The van der Waals surface area contributed by atoms with E-state index in [1.807, 2.05) is 105 Å². The van der Waals surface area contributed by atoms with Crippen LogP contribution in [-0.2, 0) is 43.5 Å². The van der Waals surface area contributed by atoms with Gasteiger partial charge in [-0.2, -0.15) is 0 Å². The quantitative estimate of drug-likeness (QED) is 0.316. The lowest BCUT2D eigenvalue weighted by Gasteiger charge is -2.43. The lowest BCUT2D eigenvalue weighted by molar-refractivity contribution is -0.312. The van der Waals surface area contributed by atoms with Gasteiger partial charge in [0, 0.05) is 0 Å². The van der Waals surface area contributed by atoms with Crippen molar-refractivity contribution in [2.24, 2.45) is 0 Å². The Morgan fingerprint density at radius 3 is 1.67 bits per heavy atom. The van der Waals surface area contributed by atoms with E-state index in [9.17, 15) is 0 Å². The van der Waals surface area contributed by atoms with E-state index >= 15 is 4.39 Å². The van der Waals surface area contributed by atoms with Crippen LogP contribution < -0.4 is 0 Å². The van der Waals surface area contributed by atoms with Gasteiger partial charge in [-0.1, -0.05) is 91.0 Å². The Hall–Kier alpha value is -2.61. The van der Waals surface area contributed by atoms with Gasteiger partial charge in [0.1, 0.15) is 18.3 Å². The fourth-order valence-electron chi connectivity index (χ4n) is 4.17. The van der Waals surface area contributed by atoms with Crippen LogP contribution in [0.15, 0.2) is 91.0 Å². The van der Waals surface area contributed by atoms with E-state index < -0.39 is 30.8 Å². The highest BCUT2D eigenvalue weighted by Crippen LogP contribution is 2.31. The number of alkyl halides is 1. The largest absolute Gasteiger partial charge is 0.374 e. The summed E-state index contributed by atoms with van der Waals surface area (Å²) in [4.78, 5) is 0. The number of ether oxygens (including phenoxy) is 5. The van der Waals surface area contributed by atoms with Gasteiger partial charge < -0.3 is 23.7 Å². The molecule has 0 aromatic heterocycles. The van der Waals surface area contributed by atoms with E-state index in [1.165, 1.54) is 0 Å². The van der Waals surface area contributed by atoms with Crippen molar-refractivity contribution in [2.45, 2.75) is 70.5 Å². The zero-order valence-electron chi connectivity index (χ0n) is 20.9. The zero-order valence-corrected chi connectivity index (χ0v) is 20.9. The van der Waals surface area contributed by atoms with Crippen LogP contribution in [-0.4, -0.2) is 43.5 Å². The molecule has 1 saturated heterocycles. The average molecular weight is 495 g/mol. The first kappa shape index (κ1) is 26.5. The van der Waals surface area contributed by atoms with Gasteiger partial charge in [0.25, 0.3) is 0 Å². The minimum absolute atomic E-state index is 0.212. The molecule has 5 atom stereocenters. The van der Waals surface area contributed by atoms with Crippen molar-refractivity contribution in [3.63, 3.8) is 0 Å². The first-order valence-corrected chi connectivity index (χ1v) is 12.5. The molecule has 1 fully saturated rings. The molecule has 3 aromatic carbocycles. The number of halogens is 1. The molecule has 1 heterocycles. The molecule has 0 bridgehead atoms. The van der Waals surface area contributed by atoms with Crippen LogP contribution in [0, 0.1) is 0 Å². The molecule has 0 N–H and O–H groups in total. The monoisotopic (exact) mass is 494 g/mol. The van der Waals surface area contributed by atoms with Crippen molar-refractivity contribution in [1.82, 2.24) is 0 Å². The molecular formula is C30H35FO5. The van der Waals surface area contributed by atoms with E-state index in [0.29, 0.717) is 13.2 Å². The fourth-order valence-corrected chi connectivity index (χ4v) is 4.17. The lowest BCUT2D eigenvalue weighted by atomic mass is 9.99. The predicted molar refractivity (Wildman–Crippen MR) is 136 cm³/mol. The average Bonchev–Trinajstić information content (AvgIpc) is 2.90. The number of hydrogen-bond donors (Lipinski definition) is 0. The van der Waals surface area contributed by atoms with Crippen LogP contribution in [0.3, 0.4) is 0 Å². The van der Waals surface area contributed by atoms with E-state index in [4.69, 9.17) is 23.7 Å². The second-order valence-electron chi connectivity index (χ2n) is 9.20. The number of hydrogen-bond acceptors (Lipinski definition) is 5. The summed E-state index contributed by atoms with van der Waals surface area (Å²) in [6.07, 6.45) is -4.97. The molecule has 0 saturated carbocycles. The van der Waals surface area contributed by atoms with Gasteiger partial charge in [0.05, 0.1) is 32.5 Å². The molecule has 0 aliphatic carbocycles. The van der Waals surface area contributed by atoms with Gasteiger partial charge in [-0.05, 0) is 30.5 Å². The summed E-state index contributed by atoms with van der Waals surface area (Å²) in [6, 6.07) is 29.4. The van der Waals surface area contributed by atoms with Gasteiger partial charge in [0.2, 0.25) is 0 Å². The molecule has 0 radical (unpaired) electrons. The topological polar surface area (TPSA) is 46.2 Å². The van der Waals surface area contributed by atoms with E-state index in [0.717, 1.165) is 16.7 Å². The molecule has 192 valence electrons. The van der Waals surface area contributed by atoms with Crippen LogP contribution in [0.1, 0.15) is 30.5 Å². The fraction of sp³-hybridized carbons (Fsp3) is 0.400. The Balaban J connectivity index is 1.52. The molecule has 6 heteroatoms. The summed E-state index contributed by atoms with van der Waals surface area (Å²) in [5, 5.41) is 0. The number of benzene rings is 3. The molecule has 5 nitrogen and oxygen atoms in total. The summed E-state index contributed by atoms with van der Waals surface area (Å²) >= 11 is 0. The minimum Gasteiger partial charge on any atom is -0.374 e. The molecule has 4 rings (SSSR count). The van der Waals surface area contributed by atoms with Crippen molar-refractivity contribution in [3.8, 4) is 0 Å². The first-order valence-electron chi connectivity index (χ1n) is 12.5. The summed E-state index contributed by atoms with van der Waals surface area (Å²) in [5.41, 5.74) is 2.99. The summed E-state index contributed by atoms with van der Waals surface area (Å²) in [6.45, 7) is 4.89. The Morgan fingerprint density at radius 1 is 0.694 bits per heavy atom. The Bertz CT molecular complexity index is 1000. The summed E-state index contributed by atoms with van der Waals surface area (Å²) in [5.74, 6) is 0. The van der Waals surface area contributed by atoms with Crippen molar-refractivity contribution in [3.05, 3.63) is 108 Å². The normalized spacial score (nSPS) is 24.2. The third-order valence-corrected chi connectivity index (χ3v) is 5.94. The van der Waals surface area contributed by atoms with Crippen molar-refractivity contribution >= 4 is 0 Å². The maximum Gasteiger partial charge on any atom is 0.192 e. The van der Waals surface area contributed by atoms with Crippen molar-refractivity contribution < 1.29 is 28.1 Å². The van der Waals surface area contributed by atoms with Crippen LogP contribution in [0.25, 0.3) is 0 Å². The second kappa shape index (κ2) is 13.6. The van der Waals surface area contributed by atoms with Gasteiger partial charge >= 0.3 is 0 Å². The van der Waals surface area contributed by atoms with Gasteiger partial charge in [-0.3, -0.25) is 0 Å². The minimum atomic E-state index is -1.53. The van der Waals surface area contributed by atoms with E-state index in [2.05, 4.69) is 0 Å². The molecule has 0 amide bonds. The third-order valence-electron chi connectivity index (χ3n) is 5.94. The first-order chi connectivity index (χ1) is 17.6. The van der Waals surface area contributed by atoms with Crippen molar-refractivity contribution in [1.29, 1.82) is 0 Å². The molecule has 1 aliphatic rings. The second-order valence-corrected chi connectivity index (χ2v) is 9.20. The Morgan fingerprint density at radius 2 is 1.17 bits per heavy atom. The molecule has 1 aliphatic heterocycles. The maximum atomic E-state index is 15.8. The maximum absolute atomic E-state index is 15.8. The molecule has 1 unspecified atom stereocenters. The molecule has 36 heavy (non-hydrogen) atoms. The van der Waals surface area contributed by atoms with Crippen LogP contribution >= 0.6 is 0 Å². The SMILES string of the molecule is CC(C)OC1O[C@H](COCc2ccccc2)[C@@H](OCc2ccccc2)[C@H](OCc2ccccc2)[C@H]1F. The lowest BCUT2D eigenvalue weighted by Crippen LogP contribution is -2.60. The molecule has 3 aromatic rings. The van der Waals surface area contributed by atoms with Gasteiger partial charge in [-0.15, -0.1) is 0 Å². The molecule has 0 spiro atoms. The predicted octanol–water partition coefficient (Wildman–Crippen LogP) is 5.86. The van der Waals surface area contributed by atoms with Crippen LogP contribution in [0.5, 0.6) is 0 Å². The highest BCUT2D eigenvalue weighted by atomic mass is 19.1. The molecular weight excluding hydrogens is 459 g/mol. The Labute approximate surface area is 213 Å². The Kier molecular flexibility index (Phi) is 10.0. The van der Waals surface area contributed by atoms with Crippen LogP contribution in [0.4, 0.5) is 4.39 Å². The highest BCUT2D eigenvalue weighted by molar-refractivity contribution is 5.15.